The zero-order valence-electron chi connectivity index (χ0n) is 11.5. The molecule has 1 aliphatic rings. The van der Waals surface area contributed by atoms with Gasteiger partial charge >= 0.3 is 12.0 Å². The first-order valence-corrected chi connectivity index (χ1v) is 6.56. The largest absolute Gasteiger partial charge is 0.481 e. The van der Waals surface area contributed by atoms with Gasteiger partial charge in [-0.15, -0.1) is 0 Å². The van der Waals surface area contributed by atoms with Crippen LogP contribution in [-0.2, 0) is 4.79 Å². The van der Waals surface area contributed by atoms with Crippen LogP contribution >= 0.6 is 0 Å². The van der Waals surface area contributed by atoms with Crippen molar-refractivity contribution in [2.75, 3.05) is 6.54 Å². The highest BCUT2D eigenvalue weighted by Crippen LogP contribution is 2.48. The van der Waals surface area contributed by atoms with Gasteiger partial charge < -0.3 is 15.7 Å². The van der Waals surface area contributed by atoms with E-state index in [2.05, 4.69) is 17.6 Å². The molecule has 0 unspecified atom stereocenters. The number of hydrogen-bond donors (Lipinski definition) is 3. The van der Waals surface area contributed by atoms with E-state index in [0.717, 1.165) is 12.8 Å². The molecule has 0 aliphatic heterocycles. The third-order valence-electron chi connectivity index (χ3n) is 3.41. The number of carboxylic acids is 1. The summed E-state index contributed by atoms with van der Waals surface area (Å²) >= 11 is 0. The first-order chi connectivity index (χ1) is 8.29. The van der Waals surface area contributed by atoms with Crippen molar-refractivity contribution in [3.05, 3.63) is 0 Å². The summed E-state index contributed by atoms with van der Waals surface area (Å²) in [4.78, 5) is 22.3. The molecule has 0 heterocycles. The molecule has 5 heteroatoms. The highest BCUT2D eigenvalue weighted by molar-refractivity contribution is 5.76. The molecule has 0 bridgehead atoms. The van der Waals surface area contributed by atoms with Gasteiger partial charge in [-0.25, -0.2) is 4.79 Å². The van der Waals surface area contributed by atoms with Crippen molar-refractivity contribution >= 4 is 12.0 Å². The molecule has 5 nitrogen and oxygen atoms in total. The SMILES string of the molecule is CCCC1(CNC(=O)NC(C)(C)CC(=O)O)CC1. The molecule has 2 amide bonds. The molecule has 1 aliphatic carbocycles. The van der Waals surface area contributed by atoms with E-state index >= 15 is 0 Å². The monoisotopic (exact) mass is 256 g/mol. The molecule has 0 radical (unpaired) electrons. The van der Waals surface area contributed by atoms with E-state index in [-0.39, 0.29) is 12.5 Å². The minimum absolute atomic E-state index is 0.0828. The Kier molecular flexibility index (Phi) is 4.59. The third kappa shape index (κ3) is 4.94. The maximum atomic E-state index is 11.7. The summed E-state index contributed by atoms with van der Waals surface area (Å²) in [5, 5.41) is 14.3. The number of nitrogens with one attached hydrogen (secondary N) is 2. The van der Waals surface area contributed by atoms with Crippen LogP contribution in [0.25, 0.3) is 0 Å². The predicted molar refractivity (Wildman–Crippen MR) is 69.4 cm³/mol. The minimum atomic E-state index is -0.912. The van der Waals surface area contributed by atoms with Crippen molar-refractivity contribution in [1.82, 2.24) is 10.6 Å². The van der Waals surface area contributed by atoms with Gasteiger partial charge in [-0.1, -0.05) is 13.3 Å². The number of rotatable bonds is 7. The van der Waals surface area contributed by atoms with Gasteiger partial charge in [0.05, 0.1) is 6.42 Å². The lowest BCUT2D eigenvalue weighted by Gasteiger charge is -2.25. The average molecular weight is 256 g/mol. The zero-order valence-corrected chi connectivity index (χ0v) is 11.5. The van der Waals surface area contributed by atoms with E-state index in [0.29, 0.717) is 12.0 Å². The Labute approximate surface area is 108 Å². The molecular weight excluding hydrogens is 232 g/mol. The van der Waals surface area contributed by atoms with Crippen LogP contribution < -0.4 is 10.6 Å². The van der Waals surface area contributed by atoms with Crippen LogP contribution in [0.1, 0.15) is 52.9 Å². The third-order valence-corrected chi connectivity index (χ3v) is 3.41. The summed E-state index contributed by atoms with van der Waals surface area (Å²) in [6.07, 6.45) is 4.55. The van der Waals surface area contributed by atoms with Crippen molar-refractivity contribution in [3.63, 3.8) is 0 Å². The molecule has 0 saturated heterocycles. The van der Waals surface area contributed by atoms with Crippen LogP contribution in [-0.4, -0.2) is 29.2 Å². The van der Waals surface area contributed by atoms with E-state index in [1.165, 1.54) is 12.8 Å². The van der Waals surface area contributed by atoms with Gasteiger partial charge in [0.25, 0.3) is 0 Å². The number of carboxylic acid groups (broad SMARTS) is 1. The van der Waals surface area contributed by atoms with E-state index in [1.807, 2.05) is 0 Å². The predicted octanol–water partition coefficient (Wildman–Crippen LogP) is 2.12. The van der Waals surface area contributed by atoms with Gasteiger partial charge in [-0.05, 0) is 38.5 Å². The number of carbonyl (C=O) groups excluding carboxylic acids is 1. The second-order valence-electron chi connectivity index (χ2n) is 6.01. The molecule has 104 valence electrons. The van der Waals surface area contributed by atoms with Gasteiger partial charge in [0.15, 0.2) is 0 Å². The molecule has 0 atom stereocenters. The van der Waals surface area contributed by atoms with Gasteiger partial charge in [-0.3, -0.25) is 4.79 Å². The first kappa shape index (κ1) is 14.8. The van der Waals surface area contributed by atoms with Crippen LogP contribution in [0.15, 0.2) is 0 Å². The summed E-state index contributed by atoms with van der Waals surface area (Å²) < 4.78 is 0. The Balaban J connectivity index is 2.31. The summed E-state index contributed by atoms with van der Waals surface area (Å²) in [5.74, 6) is -0.912. The van der Waals surface area contributed by atoms with Crippen molar-refractivity contribution in [3.8, 4) is 0 Å². The number of carbonyl (C=O) groups is 2. The number of urea groups is 1. The standard InChI is InChI=1S/C13H24N2O3/c1-4-5-13(6-7-13)9-14-11(18)15-12(2,3)8-10(16)17/h4-9H2,1-3H3,(H,16,17)(H2,14,15,18). The summed E-state index contributed by atoms with van der Waals surface area (Å²) in [6, 6.07) is -0.274. The highest BCUT2D eigenvalue weighted by Gasteiger charge is 2.41. The molecule has 0 spiro atoms. The van der Waals surface area contributed by atoms with Crippen molar-refractivity contribution < 1.29 is 14.7 Å². The fourth-order valence-corrected chi connectivity index (χ4v) is 2.26. The first-order valence-electron chi connectivity index (χ1n) is 6.56. The lowest BCUT2D eigenvalue weighted by atomic mass is 10.0. The summed E-state index contributed by atoms with van der Waals surface area (Å²) in [6.45, 7) is 6.26. The highest BCUT2D eigenvalue weighted by atomic mass is 16.4. The molecule has 18 heavy (non-hydrogen) atoms. The van der Waals surface area contributed by atoms with Crippen LogP contribution in [0.5, 0.6) is 0 Å². The van der Waals surface area contributed by atoms with Crippen molar-refractivity contribution in [1.29, 1.82) is 0 Å². The van der Waals surface area contributed by atoms with E-state index in [1.54, 1.807) is 13.8 Å². The van der Waals surface area contributed by atoms with Crippen LogP contribution in [0.3, 0.4) is 0 Å². The Bertz CT molecular complexity index is 322. The van der Waals surface area contributed by atoms with Gasteiger partial charge in [-0.2, -0.15) is 0 Å². The van der Waals surface area contributed by atoms with Crippen LogP contribution in [0, 0.1) is 5.41 Å². The summed E-state index contributed by atoms with van der Waals surface area (Å²) in [7, 11) is 0. The molecule has 3 N–H and O–H groups in total. The fourth-order valence-electron chi connectivity index (χ4n) is 2.26. The molecule has 1 fully saturated rings. The second-order valence-corrected chi connectivity index (χ2v) is 6.01. The van der Waals surface area contributed by atoms with Gasteiger partial charge in [0, 0.05) is 12.1 Å². The van der Waals surface area contributed by atoms with Gasteiger partial charge in [0.1, 0.15) is 0 Å². The molecule has 1 saturated carbocycles. The lowest BCUT2D eigenvalue weighted by molar-refractivity contribution is -0.138. The topological polar surface area (TPSA) is 78.4 Å². The second kappa shape index (κ2) is 5.59. The number of hydrogen-bond acceptors (Lipinski definition) is 2. The zero-order chi connectivity index (χ0) is 13.8. The lowest BCUT2D eigenvalue weighted by Crippen LogP contribution is -2.50. The number of aliphatic carboxylic acids is 1. The Morgan fingerprint density at radius 1 is 1.33 bits per heavy atom. The number of amides is 2. The Hall–Kier alpha value is -1.26. The van der Waals surface area contributed by atoms with Crippen LogP contribution in [0.4, 0.5) is 4.79 Å². The smallest absolute Gasteiger partial charge is 0.315 e. The van der Waals surface area contributed by atoms with E-state index in [4.69, 9.17) is 5.11 Å². The fraction of sp³-hybridized carbons (Fsp3) is 0.846. The maximum Gasteiger partial charge on any atom is 0.315 e. The normalized spacial score (nSPS) is 17.1. The average Bonchev–Trinajstić information content (AvgIpc) is 2.93. The molecule has 1 rings (SSSR count). The van der Waals surface area contributed by atoms with Gasteiger partial charge in [0.2, 0.25) is 0 Å². The van der Waals surface area contributed by atoms with Crippen LogP contribution in [0.2, 0.25) is 0 Å². The maximum absolute atomic E-state index is 11.7. The molecule has 0 aromatic carbocycles. The molecule has 0 aromatic heterocycles. The van der Waals surface area contributed by atoms with Crippen molar-refractivity contribution in [2.24, 2.45) is 5.41 Å². The molecule has 0 aromatic rings. The van der Waals surface area contributed by atoms with Crippen molar-refractivity contribution in [2.45, 2.75) is 58.4 Å². The van der Waals surface area contributed by atoms with E-state index in [9.17, 15) is 9.59 Å². The van der Waals surface area contributed by atoms with E-state index < -0.39 is 11.5 Å². The Morgan fingerprint density at radius 2 is 1.94 bits per heavy atom. The molecular formula is C13H24N2O3. The quantitative estimate of drug-likeness (QED) is 0.653. The summed E-state index contributed by atoms with van der Waals surface area (Å²) in [5.41, 5.74) is -0.416. The minimum Gasteiger partial charge on any atom is -0.481 e. The Morgan fingerprint density at radius 3 is 2.39 bits per heavy atom.